The molecule has 0 aliphatic carbocycles. The van der Waals surface area contributed by atoms with Crippen LogP contribution in [0.5, 0.6) is 11.5 Å². The van der Waals surface area contributed by atoms with Crippen LogP contribution in [0.4, 0.5) is 5.69 Å². The summed E-state index contributed by atoms with van der Waals surface area (Å²) in [5.41, 5.74) is 3.41. The molecule has 0 bridgehead atoms. The lowest BCUT2D eigenvalue weighted by molar-refractivity contribution is 0.0955. The van der Waals surface area contributed by atoms with Crippen molar-refractivity contribution in [2.75, 3.05) is 18.0 Å². The molecule has 0 unspecified atom stereocenters. The van der Waals surface area contributed by atoms with Gasteiger partial charge in [-0.2, -0.15) is 5.10 Å². The summed E-state index contributed by atoms with van der Waals surface area (Å²) in [6.07, 6.45) is 2.78. The lowest BCUT2D eigenvalue weighted by Gasteiger charge is -2.23. The van der Waals surface area contributed by atoms with Gasteiger partial charge in [0.15, 0.2) is 11.5 Å². The van der Waals surface area contributed by atoms with E-state index < -0.39 is 15.9 Å². The number of aromatic hydroxyl groups is 1. The third kappa shape index (κ3) is 5.39. The Morgan fingerprint density at radius 2 is 1.79 bits per heavy atom. The summed E-state index contributed by atoms with van der Waals surface area (Å²) in [5, 5.41) is 13.9. The Labute approximate surface area is 192 Å². The molecule has 2 N–H and O–H groups in total. The third-order valence-electron chi connectivity index (χ3n) is 4.66. The van der Waals surface area contributed by atoms with Crippen LogP contribution in [0, 0.1) is 0 Å². The molecule has 0 aliphatic rings. The van der Waals surface area contributed by atoms with Gasteiger partial charge in [0.25, 0.3) is 15.9 Å². The Kier molecular flexibility index (Phi) is 7.47. The van der Waals surface area contributed by atoms with E-state index in [-0.39, 0.29) is 28.5 Å². The highest BCUT2D eigenvalue weighted by molar-refractivity contribution is 7.92. The van der Waals surface area contributed by atoms with Crippen LogP contribution in [-0.2, 0) is 10.0 Å². The lowest BCUT2D eigenvalue weighted by atomic mass is 10.2. The zero-order valence-electron chi connectivity index (χ0n) is 17.9. The average Bonchev–Trinajstić information content (AvgIpc) is 2.84. The first-order valence-electron chi connectivity index (χ1n) is 9.86. The molecule has 170 valence electrons. The number of carbonyl (C=O) groups excluding carboxylic acids is 1. The summed E-state index contributed by atoms with van der Waals surface area (Å²) in [6, 6.07) is 19.0. The van der Waals surface area contributed by atoms with Gasteiger partial charge in [-0.25, -0.2) is 13.8 Å². The molecular weight excluding hydrogens is 442 g/mol. The third-order valence-corrected chi connectivity index (χ3v) is 6.47. The molecule has 3 aromatic rings. The molecule has 0 radical (unpaired) electrons. The topological polar surface area (TPSA) is 108 Å². The number of phenols is 1. The molecule has 0 aromatic heterocycles. The number of hydrogen-bond donors (Lipinski definition) is 2. The van der Waals surface area contributed by atoms with Gasteiger partial charge < -0.3 is 9.84 Å². The number of ether oxygens (including phenoxy) is 1. The van der Waals surface area contributed by atoms with Gasteiger partial charge >= 0.3 is 0 Å². The predicted octanol–water partition coefficient (Wildman–Crippen LogP) is 3.55. The Bertz CT molecular complexity index is 1260. The van der Waals surface area contributed by atoms with E-state index in [0.29, 0.717) is 11.3 Å². The minimum absolute atomic E-state index is 0.0666. The average molecular weight is 466 g/mol. The van der Waals surface area contributed by atoms with Gasteiger partial charge in [0.2, 0.25) is 0 Å². The van der Waals surface area contributed by atoms with E-state index in [0.717, 1.165) is 0 Å². The number of benzene rings is 3. The molecule has 0 spiro atoms. The molecule has 0 saturated heterocycles. The Morgan fingerprint density at radius 1 is 1.09 bits per heavy atom. The van der Waals surface area contributed by atoms with E-state index in [2.05, 4.69) is 17.1 Å². The number of nitrogens with zero attached hydrogens (tertiary/aromatic N) is 2. The Hall–Kier alpha value is -4.11. The van der Waals surface area contributed by atoms with Crippen molar-refractivity contribution in [1.29, 1.82) is 0 Å². The first kappa shape index (κ1) is 23.6. The number of rotatable bonds is 9. The van der Waals surface area contributed by atoms with Gasteiger partial charge in [-0.15, -0.1) is 6.58 Å². The summed E-state index contributed by atoms with van der Waals surface area (Å²) in [5.74, 6) is -0.305. The van der Waals surface area contributed by atoms with Crippen LogP contribution in [0.2, 0.25) is 0 Å². The minimum Gasteiger partial charge on any atom is -0.504 e. The van der Waals surface area contributed by atoms with Gasteiger partial charge in [-0.1, -0.05) is 30.3 Å². The van der Waals surface area contributed by atoms with Crippen molar-refractivity contribution in [2.24, 2.45) is 5.10 Å². The fraction of sp³-hybridized carbons (Fsp3) is 0.0833. The van der Waals surface area contributed by atoms with Crippen molar-refractivity contribution in [3.63, 3.8) is 0 Å². The van der Waals surface area contributed by atoms with Crippen molar-refractivity contribution < 1.29 is 23.1 Å². The number of nitrogens with one attached hydrogen (secondary N) is 1. The van der Waals surface area contributed by atoms with Crippen LogP contribution < -0.4 is 14.5 Å². The van der Waals surface area contributed by atoms with Crippen LogP contribution in [0.25, 0.3) is 0 Å². The van der Waals surface area contributed by atoms with Crippen LogP contribution in [0.3, 0.4) is 0 Å². The van der Waals surface area contributed by atoms with E-state index in [4.69, 9.17) is 4.74 Å². The Balaban J connectivity index is 1.75. The maximum Gasteiger partial charge on any atom is 0.271 e. The monoisotopic (exact) mass is 465 g/mol. The SMILES string of the molecule is C=CCN(c1ccc(C(=O)N/N=C\c2cccc(OC)c2O)cc1)S(=O)(=O)c1ccccc1. The van der Waals surface area contributed by atoms with Crippen LogP contribution in [0.15, 0.2) is 95.4 Å². The van der Waals surface area contributed by atoms with E-state index in [1.165, 1.54) is 60.1 Å². The molecule has 0 heterocycles. The largest absolute Gasteiger partial charge is 0.504 e. The second-order valence-electron chi connectivity index (χ2n) is 6.78. The summed E-state index contributed by atoms with van der Waals surface area (Å²) >= 11 is 0. The van der Waals surface area contributed by atoms with Gasteiger partial charge in [-0.3, -0.25) is 9.10 Å². The highest BCUT2D eigenvalue weighted by Gasteiger charge is 2.23. The molecule has 9 heteroatoms. The number of hydrazone groups is 1. The molecule has 0 saturated carbocycles. The zero-order valence-corrected chi connectivity index (χ0v) is 18.7. The summed E-state index contributed by atoms with van der Waals surface area (Å²) in [4.78, 5) is 12.6. The second-order valence-corrected chi connectivity index (χ2v) is 8.64. The first-order chi connectivity index (χ1) is 15.9. The second kappa shape index (κ2) is 10.5. The summed E-state index contributed by atoms with van der Waals surface area (Å²) < 4.78 is 32.3. The lowest BCUT2D eigenvalue weighted by Crippen LogP contribution is -2.31. The van der Waals surface area contributed by atoms with Gasteiger partial charge in [0.05, 0.1) is 30.5 Å². The number of phenolic OH excluding ortho intramolecular Hbond substituents is 1. The number of anilines is 1. The normalized spacial score (nSPS) is 11.2. The molecule has 0 aliphatic heterocycles. The summed E-state index contributed by atoms with van der Waals surface area (Å²) in [7, 11) is -2.37. The maximum atomic E-state index is 13.0. The van der Waals surface area contributed by atoms with Crippen molar-refractivity contribution in [3.8, 4) is 11.5 Å². The molecule has 1 amide bonds. The van der Waals surface area contributed by atoms with Gasteiger partial charge in [0.1, 0.15) is 0 Å². The fourth-order valence-corrected chi connectivity index (χ4v) is 4.45. The van der Waals surface area contributed by atoms with E-state index in [1.807, 2.05) is 0 Å². The van der Waals surface area contributed by atoms with E-state index in [1.54, 1.807) is 36.4 Å². The first-order valence-corrected chi connectivity index (χ1v) is 11.3. The molecule has 0 atom stereocenters. The molecule has 8 nitrogen and oxygen atoms in total. The number of para-hydroxylation sites is 1. The maximum absolute atomic E-state index is 13.0. The van der Waals surface area contributed by atoms with E-state index >= 15 is 0 Å². The van der Waals surface area contributed by atoms with E-state index in [9.17, 15) is 18.3 Å². The van der Waals surface area contributed by atoms with Gasteiger partial charge in [-0.05, 0) is 48.5 Å². The van der Waals surface area contributed by atoms with Crippen molar-refractivity contribution in [2.45, 2.75) is 4.90 Å². The number of methoxy groups -OCH3 is 1. The smallest absolute Gasteiger partial charge is 0.271 e. The minimum atomic E-state index is -3.80. The Morgan fingerprint density at radius 3 is 2.42 bits per heavy atom. The molecule has 3 rings (SSSR count). The highest BCUT2D eigenvalue weighted by atomic mass is 32.2. The molecular formula is C24H23N3O5S. The van der Waals surface area contributed by atoms with Crippen LogP contribution in [0.1, 0.15) is 15.9 Å². The molecule has 0 fully saturated rings. The molecule has 33 heavy (non-hydrogen) atoms. The predicted molar refractivity (Wildman–Crippen MR) is 127 cm³/mol. The number of hydrogen-bond acceptors (Lipinski definition) is 6. The van der Waals surface area contributed by atoms with Crippen molar-refractivity contribution >= 4 is 27.8 Å². The number of amides is 1. The number of sulfonamides is 1. The fourth-order valence-electron chi connectivity index (χ4n) is 2.99. The molecule has 3 aromatic carbocycles. The number of carbonyl (C=O) groups is 1. The zero-order chi connectivity index (χ0) is 23.8. The standard InChI is InChI=1S/C24H23N3O5S/c1-3-16-27(33(30,31)21-9-5-4-6-10-21)20-14-12-18(13-15-20)24(29)26-25-17-19-8-7-11-22(32-2)23(19)28/h3-15,17,28H,1,16H2,2H3,(H,26,29)/b25-17-. The van der Waals surface area contributed by atoms with Crippen molar-refractivity contribution in [1.82, 2.24) is 5.43 Å². The highest BCUT2D eigenvalue weighted by Crippen LogP contribution is 2.28. The summed E-state index contributed by atoms with van der Waals surface area (Å²) in [6.45, 7) is 3.71. The van der Waals surface area contributed by atoms with Crippen LogP contribution in [-0.4, -0.2) is 39.3 Å². The van der Waals surface area contributed by atoms with Crippen molar-refractivity contribution in [3.05, 3.63) is 96.6 Å². The quantitative estimate of drug-likeness (QED) is 0.285. The van der Waals surface area contributed by atoms with Gasteiger partial charge in [0, 0.05) is 11.1 Å². The van der Waals surface area contributed by atoms with Crippen LogP contribution >= 0.6 is 0 Å².